The first-order chi connectivity index (χ1) is 10.5. The maximum Gasteiger partial charge on any atom is 0.281 e. The third-order valence-electron chi connectivity index (χ3n) is 4.01. The van der Waals surface area contributed by atoms with E-state index in [1.807, 2.05) is 18.2 Å². The molecule has 1 atom stereocenters. The van der Waals surface area contributed by atoms with Gasteiger partial charge in [0, 0.05) is 52.1 Å². The maximum absolute atomic E-state index is 12.6. The van der Waals surface area contributed by atoms with E-state index in [-0.39, 0.29) is 5.92 Å². The van der Waals surface area contributed by atoms with E-state index >= 15 is 0 Å². The Kier molecular flexibility index (Phi) is 6.31. The van der Waals surface area contributed by atoms with Crippen molar-refractivity contribution in [2.75, 3.05) is 40.4 Å². The molecule has 1 aliphatic rings. The van der Waals surface area contributed by atoms with E-state index < -0.39 is 10.2 Å². The molecule has 1 unspecified atom stereocenters. The minimum Gasteiger partial charge on any atom is -0.384 e. The highest BCUT2D eigenvalue weighted by Gasteiger charge is 2.31. The summed E-state index contributed by atoms with van der Waals surface area (Å²) >= 11 is 0. The van der Waals surface area contributed by atoms with Crippen molar-refractivity contribution in [1.29, 1.82) is 0 Å². The summed E-state index contributed by atoms with van der Waals surface area (Å²) in [5.74, 6) is 0.290. The van der Waals surface area contributed by atoms with Crippen molar-refractivity contribution in [3.63, 3.8) is 0 Å². The van der Waals surface area contributed by atoms with Crippen molar-refractivity contribution in [3.05, 3.63) is 30.1 Å². The summed E-state index contributed by atoms with van der Waals surface area (Å²) in [6.07, 6.45) is 4.26. The van der Waals surface area contributed by atoms with E-state index in [0.29, 0.717) is 32.7 Å². The van der Waals surface area contributed by atoms with E-state index in [2.05, 4.69) is 4.98 Å². The molecule has 1 aliphatic heterocycles. The van der Waals surface area contributed by atoms with Crippen LogP contribution in [0.4, 0.5) is 0 Å². The number of aromatic nitrogens is 1. The SMILES string of the molecule is COCC1CCCN(S(=O)(=O)N(C)CCc2ccccn2)C1. The molecular weight excluding hydrogens is 302 g/mol. The number of nitrogens with zero attached hydrogens (tertiary/aromatic N) is 3. The zero-order valence-corrected chi connectivity index (χ0v) is 14.1. The van der Waals surface area contributed by atoms with E-state index in [1.54, 1.807) is 24.7 Å². The van der Waals surface area contributed by atoms with Crippen LogP contribution in [0.1, 0.15) is 18.5 Å². The van der Waals surface area contributed by atoms with Gasteiger partial charge in [0.2, 0.25) is 0 Å². The molecular formula is C15H25N3O3S. The summed E-state index contributed by atoms with van der Waals surface area (Å²) in [6.45, 7) is 2.19. The van der Waals surface area contributed by atoms with Crippen molar-refractivity contribution in [1.82, 2.24) is 13.6 Å². The second kappa shape index (κ2) is 8.01. The van der Waals surface area contributed by atoms with Gasteiger partial charge in [-0.25, -0.2) is 0 Å². The Morgan fingerprint density at radius 1 is 1.45 bits per heavy atom. The van der Waals surface area contributed by atoms with Crippen LogP contribution in [0.15, 0.2) is 24.4 Å². The second-order valence-electron chi connectivity index (χ2n) is 5.72. The number of hydrogen-bond acceptors (Lipinski definition) is 4. The molecule has 0 bridgehead atoms. The van der Waals surface area contributed by atoms with Gasteiger partial charge in [-0.3, -0.25) is 4.98 Å². The van der Waals surface area contributed by atoms with Crippen molar-refractivity contribution >= 4 is 10.2 Å². The van der Waals surface area contributed by atoms with Crippen LogP contribution in [0.25, 0.3) is 0 Å². The van der Waals surface area contributed by atoms with Crippen LogP contribution in [0.5, 0.6) is 0 Å². The molecule has 2 heterocycles. The Morgan fingerprint density at radius 3 is 2.95 bits per heavy atom. The summed E-state index contributed by atoms with van der Waals surface area (Å²) in [6, 6.07) is 5.68. The molecule has 0 saturated carbocycles. The van der Waals surface area contributed by atoms with Gasteiger partial charge in [-0.1, -0.05) is 6.07 Å². The number of pyridine rings is 1. The van der Waals surface area contributed by atoms with Crippen LogP contribution in [-0.2, 0) is 21.4 Å². The van der Waals surface area contributed by atoms with E-state index in [1.165, 1.54) is 4.31 Å². The van der Waals surface area contributed by atoms with Crippen LogP contribution in [0.2, 0.25) is 0 Å². The van der Waals surface area contributed by atoms with Crippen molar-refractivity contribution < 1.29 is 13.2 Å². The Hall–Kier alpha value is -1.02. The van der Waals surface area contributed by atoms with Crippen molar-refractivity contribution in [3.8, 4) is 0 Å². The molecule has 22 heavy (non-hydrogen) atoms. The second-order valence-corrected chi connectivity index (χ2v) is 7.76. The number of likely N-dealkylation sites (N-methyl/N-ethyl adjacent to an activating group) is 1. The third kappa shape index (κ3) is 4.49. The topological polar surface area (TPSA) is 62.7 Å². The van der Waals surface area contributed by atoms with Gasteiger partial charge in [0.25, 0.3) is 10.2 Å². The minimum absolute atomic E-state index is 0.290. The molecule has 0 amide bonds. The lowest BCUT2D eigenvalue weighted by Gasteiger charge is -2.34. The van der Waals surface area contributed by atoms with Gasteiger partial charge in [0.1, 0.15) is 0 Å². The van der Waals surface area contributed by atoms with Gasteiger partial charge in [-0.05, 0) is 30.9 Å². The highest BCUT2D eigenvalue weighted by molar-refractivity contribution is 7.86. The molecule has 0 radical (unpaired) electrons. The largest absolute Gasteiger partial charge is 0.384 e. The van der Waals surface area contributed by atoms with E-state index in [9.17, 15) is 8.42 Å². The molecule has 124 valence electrons. The molecule has 0 aliphatic carbocycles. The predicted molar refractivity (Wildman–Crippen MR) is 85.7 cm³/mol. The quantitative estimate of drug-likeness (QED) is 0.754. The average Bonchev–Trinajstić information content (AvgIpc) is 2.54. The normalized spacial score (nSPS) is 20.4. The lowest BCUT2D eigenvalue weighted by atomic mass is 10.0. The van der Waals surface area contributed by atoms with Gasteiger partial charge in [0.15, 0.2) is 0 Å². The Morgan fingerprint density at radius 2 is 2.27 bits per heavy atom. The summed E-state index contributed by atoms with van der Waals surface area (Å²) in [5.41, 5.74) is 0.903. The zero-order valence-electron chi connectivity index (χ0n) is 13.3. The third-order valence-corrected chi connectivity index (χ3v) is 5.97. The lowest BCUT2D eigenvalue weighted by Crippen LogP contribution is -2.47. The Bertz CT molecular complexity index is 548. The summed E-state index contributed by atoms with van der Waals surface area (Å²) in [7, 11) is -0.104. The van der Waals surface area contributed by atoms with Crippen LogP contribution in [-0.4, -0.2) is 62.4 Å². The fourth-order valence-corrected chi connectivity index (χ4v) is 4.21. The van der Waals surface area contributed by atoms with Crippen LogP contribution in [0, 0.1) is 5.92 Å². The van der Waals surface area contributed by atoms with Gasteiger partial charge >= 0.3 is 0 Å². The van der Waals surface area contributed by atoms with E-state index in [0.717, 1.165) is 18.5 Å². The summed E-state index contributed by atoms with van der Waals surface area (Å²) < 4.78 is 33.5. The Labute approximate surface area is 133 Å². The molecule has 0 aromatic carbocycles. The molecule has 0 spiro atoms. The fourth-order valence-electron chi connectivity index (χ4n) is 2.74. The highest BCUT2D eigenvalue weighted by Crippen LogP contribution is 2.20. The molecule has 6 nitrogen and oxygen atoms in total. The molecule has 2 rings (SSSR count). The first-order valence-corrected chi connectivity index (χ1v) is 9.04. The first kappa shape index (κ1) is 17.3. The first-order valence-electron chi connectivity index (χ1n) is 7.64. The molecule has 1 aromatic rings. The standard InChI is InChI=1S/C15H25N3O3S/c1-17(11-8-15-7-3-4-9-16-15)22(19,20)18-10-5-6-14(12-18)13-21-2/h3-4,7,9,14H,5-6,8,10-13H2,1-2H3. The van der Waals surface area contributed by atoms with Crippen molar-refractivity contribution in [2.45, 2.75) is 19.3 Å². The number of hydrogen-bond donors (Lipinski definition) is 0. The van der Waals surface area contributed by atoms with Crippen LogP contribution >= 0.6 is 0 Å². The maximum atomic E-state index is 12.6. The number of ether oxygens (including phenoxy) is 1. The van der Waals surface area contributed by atoms with Gasteiger partial charge in [-0.15, -0.1) is 0 Å². The summed E-state index contributed by atoms with van der Waals surface area (Å²) in [5, 5.41) is 0. The number of methoxy groups -OCH3 is 1. The smallest absolute Gasteiger partial charge is 0.281 e. The molecule has 1 fully saturated rings. The van der Waals surface area contributed by atoms with E-state index in [4.69, 9.17) is 4.74 Å². The molecule has 1 aromatic heterocycles. The van der Waals surface area contributed by atoms with Crippen molar-refractivity contribution in [2.24, 2.45) is 5.92 Å². The number of rotatable bonds is 7. The monoisotopic (exact) mass is 327 g/mol. The Balaban J connectivity index is 1.93. The zero-order chi connectivity index (χ0) is 16.0. The van der Waals surface area contributed by atoms with Gasteiger partial charge < -0.3 is 4.74 Å². The molecule has 1 saturated heterocycles. The predicted octanol–water partition coefficient (Wildman–Crippen LogP) is 1.16. The molecule has 7 heteroatoms. The van der Waals surface area contributed by atoms with Crippen LogP contribution < -0.4 is 0 Å². The number of piperidine rings is 1. The van der Waals surface area contributed by atoms with Gasteiger partial charge in [-0.2, -0.15) is 17.0 Å². The van der Waals surface area contributed by atoms with Crippen LogP contribution in [0.3, 0.4) is 0 Å². The fraction of sp³-hybridized carbons (Fsp3) is 0.667. The molecule has 0 N–H and O–H groups in total. The minimum atomic E-state index is -3.40. The lowest BCUT2D eigenvalue weighted by molar-refractivity contribution is 0.116. The summed E-state index contributed by atoms with van der Waals surface area (Å²) in [4.78, 5) is 4.23. The highest BCUT2D eigenvalue weighted by atomic mass is 32.2. The van der Waals surface area contributed by atoms with Gasteiger partial charge in [0.05, 0.1) is 6.61 Å². The average molecular weight is 327 g/mol.